The van der Waals surface area contributed by atoms with E-state index in [0.717, 1.165) is 22.4 Å². The third kappa shape index (κ3) is 4.99. The minimum Gasteiger partial charge on any atom is -0.308 e. The molecule has 0 spiro atoms. The molecule has 7 aromatic carbocycles. The minimum atomic E-state index is -1.80. The highest BCUT2D eigenvalue weighted by atomic mass is 32.3. The molecule has 1 aromatic heterocycles. The molecule has 0 saturated heterocycles. The summed E-state index contributed by atoms with van der Waals surface area (Å²) in [4.78, 5) is 22.5. The Labute approximate surface area is 293 Å². The van der Waals surface area contributed by atoms with Crippen LogP contribution in [0.25, 0.3) is 34.2 Å². The lowest BCUT2D eigenvalue weighted by Gasteiger charge is -2.49. The molecule has 0 fully saturated rings. The Bertz CT molecular complexity index is 2270. The van der Waals surface area contributed by atoms with E-state index in [1.165, 1.54) is 31.0 Å². The van der Waals surface area contributed by atoms with Crippen molar-refractivity contribution in [3.05, 3.63) is 194 Å². The molecule has 9 rings (SSSR count). The molecule has 0 amide bonds. The zero-order valence-electron chi connectivity index (χ0n) is 27.2. The summed E-state index contributed by atoms with van der Waals surface area (Å²) in [6, 6.07) is 68.7. The first-order chi connectivity index (χ1) is 24.8. The molecule has 1 aliphatic heterocycles. The van der Waals surface area contributed by atoms with E-state index in [1.807, 2.05) is 60.7 Å². The predicted molar refractivity (Wildman–Crippen MR) is 204 cm³/mol. The van der Waals surface area contributed by atoms with Crippen molar-refractivity contribution in [2.45, 2.75) is 19.6 Å². The van der Waals surface area contributed by atoms with Gasteiger partial charge in [0.05, 0.1) is 11.4 Å². The van der Waals surface area contributed by atoms with Gasteiger partial charge in [-0.3, -0.25) is 0 Å². The topological polar surface area (TPSA) is 41.9 Å². The number of nitrogens with zero attached hydrogens (tertiary/aromatic N) is 4. The Kier molecular flexibility index (Phi) is 7.52. The number of benzene rings is 7. The van der Waals surface area contributed by atoms with Gasteiger partial charge in [0.2, 0.25) is 0 Å². The normalized spacial score (nSPS) is 13.6. The van der Waals surface area contributed by atoms with E-state index in [2.05, 4.69) is 138 Å². The monoisotopic (exact) mass is 660 g/mol. The summed E-state index contributed by atoms with van der Waals surface area (Å²) >= 11 is 0. The van der Waals surface area contributed by atoms with Gasteiger partial charge < -0.3 is 4.90 Å². The summed E-state index contributed by atoms with van der Waals surface area (Å²) in [5, 5.41) is 0. The van der Waals surface area contributed by atoms with Crippen molar-refractivity contribution in [1.82, 2.24) is 15.0 Å². The van der Waals surface area contributed by atoms with Crippen molar-refractivity contribution in [3.8, 4) is 34.2 Å². The summed E-state index contributed by atoms with van der Waals surface area (Å²) in [6.07, 6.45) is 0. The van der Waals surface area contributed by atoms with E-state index in [1.54, 1.807) is 0 Å². The summed E-state index contributed by atoms with van der Waals surface area (Å²) in [7, 11) is -1.80. The van der Waals surface area contributed by atoms with Crippen molar-refractivity contribution >= 4 is 27.1 Å². The fraction of sp³-hybridized carbons (Fsp3) is 0. The Morgan fingerprint density at radius 3 is 1.08 bits per heavy atom. The second-order valence-electron chi connectivity index (χ2n) is 12.1. The predicted octanol–water partition coefficient (Wildman–Crippen LogP) is 12.0. The third-order valence-electron chi connectivity index (χ3n) is 9.15. The number of aromatic nitrogens is 3. The molecule has 0 N–H and O–H groups in total. The lowest BCUT2D eigenvalue weighted by Crippen LogP contribution is -2.21. The van der Waals surface area contributed by atoms with E-state index in [-0.39, 0.29) is 0 Å². The van der Waals surface area contributed by atoms with Crippen LogP contribution in [0.1, 0.15) is 0 Å². The number of fused-ring (bicyclic) bond motifs is 2. The van der Waals surface area contributed by atoms with Crippen molar-refractivity contribution in [2.75, 3.05) is 4.90 Å². The molecule has 0 unspecified atom stereocenters. The van der Waals surface area contributed by atoms with Crippen LogP contribution >= 0.6 is 10.0 Å². The van der Waals surface area contributed by atoms with Crippen molar-refractivity contribution < 1.29 is 0 Å². The molecule has 50 heavy (non-hydrogen) atoms. The average molecular weight is 661 g/mol. The Hall–Kier alpha value is -6.30. The maximum Gasteiger partial charge on any atom is 0.164 e. The standard InChI is InChI=1S/C45H32N4S/c1-5-17-33(18-6-1)43-46-44(34-19-7-2-8-20-34)48-45(47-43)35-29-31-36(32-30-35)49-39-25-13-15-27-41(39)50(37-21-9-3-10-22-37,38-23-11-4-12-24-38)42-28-16-14-26-40(42)49/h1-32H. The molecule has 0 atom stereocenters. The SMILES string of the molecule is c1ccc(-c2nc(-c3ccccc3)nc(-c3ccc(N4c5ccccc5S(c5ccccc5)(c5ccccc5)c5ccccc54)cc3)n2)cc1. The van der Waals surface area contributed by atoms with Gasteiger partial charge in [0.1, 0.15) is 0 Å². The lowest BCUT2D eigenvalue weighted by molar-refractivity contribution is 1.07. The van der Waals surface area contributed by atoms with Gasteiger partial charge in [-0.15, -0.1) is 10.0 Å². The molecule has 4 nitrogen and oxygen atoms in total. The average Bonchev–Trinajstić information content (AvgIpc) is 3.21. The fourth-order valence-electron chi connectivity index (χ4n) is 6.92. The molecule has 8 aromatic rings. The van der Waals surface area contributed by atoms with E-state index < -0.39 is 10.0 Å². The second-order valence-corrected chi connectivity index (χ2v) is 15.1. The summed E-state index contributed by atoms with van der Waals surface area (Å²) in [6.45, 7) is 0. The van der Waals surface area contributed by atoms with Gasteiger partial charge in [-0.2, -0.15) is 0 Å². The molecule has 2 heterocycles. The molecule has 0 aliphatic carbocycles. The van der Waals surface area contributed by atoms with Crippen LogP contribution in [-0.4, -0.2) is 15.0 Å². The zero-order valence-corrected chi connectivity index (χ0v) is 28.0. The minimum absolute atomic E-state index is 0.639. The van der Waals surface area contributed by atoms with Crippen LogP contribution < -0.4 is 4.90 Å². The Morgan fingerprint density at radius 2 is 0.660 bits per heavy atom. The van der Waals surface area contributed by atoms with Crippen LogP contribution in [0.15, 0.2) is 214 Å². The molecule has 238 valence electrons. The first kappa shape index (κ1) is 29.8. The highest BCUT2D eigenvalue weighted by Crippen LogP contribution is 2.79. The molecule has 0 radical (unpaired) electrons. The largest absolute Gasteiger partial charge is 0.308 e. The van der Waals surface area contributed by atoms with Crippen LogP contribution in [0.4, 0.5) is 17.1 Å². The van der Waals surface area contributed by atoms with Gasteiger partial charge in [-0.05, 0) is 72.8 Å². The van der Waals surface area contributed by atoms with E-state index >= 15 is 0 Å². The van der Waals surface area contributed by atoms with Crippen molar-refractivity contribution in [3.63, 3.8) is 0 Å². The molecular formula is C45H32N4S. The van der Waals surface area contributed by atoms with E-state index in [9.17, 15) is 0 Å². The van der Waals surface area contributed by atoms with Crippen LogP contribution in [0, 0.1) is 0 Å². The summed E-state index contributed by atoms with van der Waals surface area (Å²) < 4.78 is 0. The lowest BCUT2D eigenvalue weighted by atomic mass is 10.1. The maximum atomic E-state index is 4.97. The van der Waals surface area contributed by atoms with Gasteiger partial charge in [0.25, 0.3) is 0 Å². The highest BCUT2D eigenvalue weighted by Gasteiger charge is 2.42. The van der Waals surface area contributed by atoms with E-state index in [4.69, 9.17) is 15.0 Å². The van der Waals surface area contributed by atoms with Crippen molar-refractivity contribution in [2.24, 2.45) is 0 Å². The van der Waals surface area contributed by atoms with Gasteiger partial charge in [0.15, 0.2) is 17.5 Å². The van der Waals surface area contributed by atoms with E-state index in [0.29, 0.717) is 17.5 Å². The number of hydrogen-bond donors (Lipinski definition) is 0. The molecule has 1 aliphatic rings. The smallest absolute Gasteiger partial charge is 0.164 e. The Morgan fingerprint density at radius 1 is 0.320 bits per heavy atom. The first-order valence-electron chi connectivity index (χ1n) is 16.7. The van der Waals surface area contributed by atoms with Crippen LogP contribution in [-0.2, 0) is 0 Å². The Balaban J connectivity index is 1.20. The number of para-hydroxylation sites is 2. The molecule has 0 saturated carbocycles. The van der Waals surface area contributed by atoms with Crippen molar-refractivity contribution in [1.29, 1.82) is 0 Å². The molecule has 5 heteroatoms. The number of anilines is 3. The molecular weight excluding hydrogens is 629 g/mol. The second kappa shape index (κ2) is 12.6. The first-order valence-corrected chi connectivity index (χ1v) is 18.3. The molecule has 0 bridgehead atoms. The summed E-state index contributed by atoms with van der Waals surface area (Å²) in [5.74, 6) is 1.94. The third-order valence-corrected chi connectivity index (χ3v) is 13.1. The number of rotatable bonds is 6. The van der Waals surface area contributed by atoms with Gasteiger partial charge in [0, 0.05) is 42.0 Å². The van der Waals surface area contributed by atoms with Crippen LogP contribution in [0.5, 0.6) is 0 Å². The quantitative estimate of drug-likeness (QED) is 0.178. The summed E-state index contributed by atoms with van der Waals surface area (Å²) in [5.41, 5.74) is 6.27. The highest BCUT2D eigenvalue weighted by molar-refractivity contribution is 8.34. The van der Waals surface area contributed by atoms with Gasteiger partial charge in [-0.1, -0.05) is 121 Å². The zero-order chi connectivity index (χ0) is 33.3. The van der Waals surface area contributed by atoms with Crippen LogP contribution in [0.3, 0.4) is 0 Å². The number of hydrogen-bond acceptors (Lipinski definition) is 4. The fourth-order valence-corrected chi connectivity index (χ4v) is 11.1. The maximum absolute atomic E-state index is 4.97. The van der Waals surface area contributed by atoms with Gasteiger partial charge in [-0.25, -0.2) is 15.0 Å². The van der Waals surface area contributed by atoms with Crippen LogP contribution in [0.2, 0.25) is 0 Å². The van der Waals surface area contributed by atoms with Gasteiger partial charge >= 0.3 is 0 Å².